The molecule has 5 rings (SSSR count). The van der Waals surface area contributed by atoms with E-state index in [2.05, 4.69) is 52.1 Å². The zero-order chi connectivity index (χ0) is 25.7. The molecular formula is C31H34N2O3S. The molecular weight excluding hydrogens is 480 g/mol. The van der Waals surface area contributed by atoms with E-state index in [-0.39, 0.29) is 4.90 Å². The normalized spacial score (nSPS) is 20.6. The Morgan fingerprint density at radius 2 is 1.54 bits per heavy atom. The van der Waals surface area contributed by atoms with E-state index in [4.69, 9.17) is 0 Å². The monoisotopic (exact) mass is 514 g/mol. The number of rotatable bonds is 9. The van der Waals surface area contributed by atoms with Crippen molar-refractivity contribution in [2.24, 2.45) is 11.8 Å². The zero-order valence-electron chi connectivity index (χ0n) is 21.0. The lowest BCUT2D eigenvalue weighted by Gasteiger charge is -2.32. The number of nitrogens with zero attached hydrogens (tertiary/aromatic N) is 1. The fourth-order valence-electron chi connectivity index (χ4n) is 5.41. The first-order chi connectivity index (χ1) is 18.0. The molecule has 2 atom stereocenters. The van der Waals surface area contributed by atoms with Crippen molar-refractivity contribution in [2.45, 2.75) is 43.0 Å². The molecule has 1 saturated heterocycles. The molecule has 1 saturated carbocycles. The van der Waals surface area contributed by atoms with Crippen molar-refractivity contribution in [3.63, 3.8) is 0 Å². The molecule has 192 valence electrons. The van der Waals surface area contributed by atoms with Crippen molar-refractivity contribution in [3.8, 4) is 0 Å². The maximum absolute atomic E-state index is 12.3. The summed E-state index contributed by atoms with van der Waals surface area (Å²) in [5.74, 6) is 1.84. The number of piperidine rings is 1. The third-order valence-corrected chi connectivity index (χ3v) is 8.96. The zero-order valence-corrected chi connectivity index (χ0v) is 21.8. The van der Waals surface area contributed by atoms with Crippen LogP contribution in [0.1, 0.15) is 48.3 Å². The fraction of sp³-hybridized carbons (Fsp3) is 0.323. The predicted molar refractivity (Wildman–Crippen MR) is 147 cm³/mol. The minimum absolute atomic E-state index is 0.0639. The third kappa shape index (κ3) is 6.96. The van der Waals surface area contributed by atoms with E-state index in [1.54, 1.807) is 24.3 Å². The molecule has 0 aromatic heterocycles. The van der Waals surface area contributed by atoms with Gasteiger partial charge in [-0.1, -0.05) is 72.8 Å². The van der Waals surface area contributed by atoms with Gasteiger partial charge >= 0.3 is 0 Å². The minimum atomic E-state index is -3.87. The number of carbonyl (C=O) groups is 1. The number of carbonyl (C=O) groups excluding carboxylic acids is 1. The number of hydrogen-bond acceptors (Lipinski definition) is 4. The van der Waals surface area contributed by atoms with Gasteiger partial charge in [-0.2, -0.15) is 0 Å². The van der Waals surface area contributed by atoms with Crippen LogP contribution in [0.4, 0.5) is 0 Å². The first-order valence-corrected chi connectivity index (χ1v) is 14.6. The summed E-state index contributed by atoms with van der Waals surface area (Å²) in [6, 6.07) is 26.9. The standard InChI is InChI=1S/C31H34N2O3S/c34-31(32-37(35,36)29-9-5-2-6-10-29)16-15-24-11-13-26(14-12-24)23-33-19-17-25(18-20-33)21-28-22-30(28)27-7-3-1-4-8-27/h1-16,25,28,30H,17-23H2,(H,32,34)/b16-15+/t28-,30+/m1/s1. The van der Waals surface area contributed by atoms with Gasteiger partial charge in [0.1, 0.15) is 0 Å². The van der Waals surface area contributed by atoms with E-state index >= 15 is 0 Å². The van der Waals surface area contributed by atoms with Gasteiger partial charge in [0, 0.05) is 12.6 Å². The van der Waals surface area contributed by atoms with Crippen molar-refractivity contribution in [3.05, 3.63) is 108 Å². The minimum Gasteiger partial charge on any atom is -0.299 e. The van der Waals surface area contributed by atoms with E-state index in [1.165, 1.54) is 55.0 Å². The second-order valence-electron chi connectivity index (χ2n) is 10.3. The van der Waals surface area contributed by atoms with Crippen LogP contribution in [0.15, 0.2) is 95.9 Å². The van der Waals surface area contributed by atoms with Crippen molar-refractivity contribution >= 4 is 22.0 Å². The number of likely N-dealkylation sites (tertiary alicyclic amines) is 1. The first-order valence-electron chi connectivity index (χ1n) is 13.1. The van der Waals surface area contributed by atoms with Crippen LogP contribution in [0.5, 0.6) is 0 Å². The van der Waals surface area contributed by atoms with Gasteiger partial charge in [0.15, 0.2) is 0 Å². The Hall–Kier alpha value is -3.22. The summed E-state index contributed by atoms with van der Waals surface area (Å²) in [6.45, 7) is 3.22. The second kappa shape index (κ2) is 11.4. The molecule has 0 radical (unpaired) electrons. The van der Waals surface area contributed by atoms with Gasteiger partial charge in [-0.25, -0.2) is 13.1 Å². The van der Waals surface area contributed by atoms with Gasteiger partial charge in [-0.05, 0) is 91.4 Å². The summed E-state index contributed by atoms with van der Waals surface area (Å²) >= 11 is 0. The molecule has 2 aliphatic rings. The second-order valence-corrected chi connectivity index (χ2v) is 12.0. The number of amides is 1. The van der Waals surface area contributed by atoms with Gasteiger partial charge in [0.25, 0.3) is 15.9 Å². The predicted octanol–water partition coefficient (Wildman–Crippen LogP) is 5.61. The van der Waals surface area contributed by atoms with Gasteiger partial charge in [-0.3, -0.25) is 9.69 Å². The molecule has 1 amide bonds. The highest BCUT2D eigenvalue weighted by Crippen LogP contribution is 2.51. The van der Waals surface area contributed by atoms with Crippen LogP contribution < -0.4 is 4.72 Å². The van der Waals surface area contributed by atoms with Gasteiger partial charge in [0.2, 0.25) is 0 Å². The van der Waals surface area contributed by atoms with Crippen molar-refractivity contribution in [1.29, 1.82) is 0 Å². The molecule has 3 aromatic carbocycles. The Kier molecular flexibility index (Phi) is 7.87. The Balaban J connectivity index is 1.05. The smallest absolute Gasteiger partial charge is 0.264 e. The molecule has 6 heteroatoms. The van der Waals surface area contributed by atoms with Crippen LogP contribution in [0.3, 0.4) is 0 Å². The van der Waals surface area contributed by atoms with E-state index < -0.39 is 15.9 Å². The van der Waals surface area contributed by atoms with Gasteiger partial charge in [-0.15, -0.1) is 0 Å². The lowest BCUT2D eigenvalue weighted by Crippen LogP contribution is -2.33. The molecule has 0 spiro atoms. The Bertz CT molecular complexity index is 1310. The molecule has 5 nitrogen and oxygen atoms in total. The molecule has 2 fully saturated rings. The molecule has 1 aliphatic heterocycles. The molecule has 37 heavy (non-hydrogen) atoms. The first kappa shape index (κ1) is 25.4. The molecule has 1 aliphatic carbocycles. The van der Waals surface area contributed by atoms with E-state index in [1.807, 2.05) is 12.1 Å². The lowest BCUT2D eigenvalue weighted by atomic mass is 9.90. The molecule has 1 N–H and O–H groups in total. The lowest BCUT2D eigenvalue weighted by molar-refractivity contribution is -0.114. The summed E-state index contributed by atoms with van der Waals surface area (Å²) < 4.78 is 26.6. The summed E-state index contributed by atoms with van der Waals surface area (Å²) in [7, 11) is -3.87. The number of sulfonamides is 1. The van der Waals surface area contributed by atoms with Crippen LogP contribution in [0, 0.1) is 11.8 Å². The number of hydrogen-bond donors (Lipinski definition) is 1. The Labute approximate surface area is 220 Å². The van der Waals surface area contributed by atoms with Gasteiger partial charge < -0.3 is 0 Å². The van der Waals surface area contributed by atoms with Gasteiger partial charge in [0.05, 0.1) is 4.90 Å². The SMILES string of the molecule is O=C(/C=C/c1ccc(CN2CCC(C[C@@H]3C[C@H]3c3ccccc3)CC2)cc1)NS(=O)(=O)c1ccccc1. The van der Waals surface area contributed by atoms with Crippen LogP contribution in [0.2, 0.25) is 0 Å². The largest absolute Gasteiger partial charge is 0.299 e. The average molecular weight is 515 g/mol. The molecule has 3 aromatic rings. The van der Waals surface area contributed by atoms with Crippen molar-refractivity contribution in [1.82, 2.24) is 9.62 Å². The summed E-state index contributed by atoms with van der Waals surface area (Å²) in [5.41, 5.74) is 3.62. The van der Waals surface area contributed by atoms with E-state index in [9.17, 15) is 13.2 Å². The summed E-state index contributed by atoms with van der Waals surface area (Å²) in [4.78, 5) is 14.7. The number of benzene rings is 3. The molecule has 0 unspecified atom stereocenters. The molecule has 0 bridgehead atoms. The maximum atomic E-state index is 12.3. The van der Waals surface area contributed by atoms with Crippen LogP contribution in [-0.4, -0.2) is 32.3 Å². The van der Waals surface area contributed by atoms with Crippen molar-refractivity contribution < 1.29 is 13.2 Å². The number of nitrogens with one attached hydrogen (secondary N) is 1. The van der Waals surface area contributed by atoms with Crippen LogP contribution in [0.25, 0.3) is 6.08 Å². The summed E-state index contributed by atoms with van der Waals surface area (Å²) in [6.07, 6.45) is 8.16. The Morgan fingerprint density at radius 3 is 2.22 bits per heavy atom. The summed E-state index contributed by atoms with van der Waals surface area (Å²) in [5, 5.41) is 0. The average Bonchev–Trinajstić information content (AvgIpc) is 3.69. The third-order valence-electron chi connectivity index (χ3n) is 7.60. The quantitative estimate of drug-likeness (QED) is 0.377. The van der Waals surface area contributed by atoms with Crippen LogP contribution in [-0.2, 0) is 21.4 Å². The maximum Gasteiger partial charge on any atom is 0.264 e. The highest BCUT2D eigenvalue weighted by molar-refractivity contribution is 7.90. The van der Waals surface area contributed by atoms with Crippen LogP contribution >= 0.6 is 0 Å². The highest BCUT2D eigenvalue weighted by Gasteiger charge is 2.39. The highest BCUT2D eigenvalue weighted by atomic mass is 32.2. The van der Waals surface area contributed by atoms with E-state index in [0.717, 1.165) is 43.0 Å². The topological polar surface area (TPSA) is 66.5 Å². The van der Waals surface area contributed by atoms with E-state index in [0.29, 0.717) is 0 Å². The fourth-order valence-corrected chi connectivity index (χ4v) is 6.38. The Morgan fingerprint density at radius 1 is 0.892 bits per heavy atom. The molecule has 1 heterocycles. The van der Waals surface area contributed by atoms with Crippen molar-refractivity contribution in [2.75, 3.05) is 13.1 Å².